The number of ether oxygens (including phenoxy) is 2. The summed E-state index contributed by atoms with van der Waals surface area (Å²) in [6.07, 6.45) is 1.23. The van der Waals surface area contributed by atoms with Crippen molar-refractivity contribution in [2.45, 2.75) is 13.0 Å². The van der Waals surface area contributed by atoms with Crippen molar-refractivity contribution in [2.24, 2.45) is 0 Å². The van der Waals surface area contributed by atoms with Crippen molar-refractivity contribution < 1.29 is 22.7 Å². The van der Waals surface area contributed by atoms with E-state index in [1.54, 1.807) is 12.1 Å². The van der Waals surface area contributed by atoms with Gasteiger partial charge in [-0.15, -0.1) is 0 Å². The number of cyclic esters (lactones) is 1. The molecule has 0 unspecified atom stereocenters. The van der Waals surface area contributed by atoms with Crippen LogP contribution in [0.2, 0.25) is 0 Å². The minimum absolute atomic E-state index is 0.0939. The molecule has 98 valence electrons. The van der Waals surface area contributed by atoms with Gasteiger partial charge in [0.2, 0.25) is 10.0 Å². The lowest BCUT2D eigenvalue weighted by Gasteiger charge is -2.21. The van der Waals surface area contributed by atoms with Gasteiger partial charge in [0.1, 0.15) is 12.4 Å². The fourth-order valence-corrected chi connectivity index (χ4v) is 2.43. The van der Waals surface area contributed by atoms with Crippen LogP contribution < -0.4 is 9.46 Å². The first-order valence-corrected chi connectivity index (χ1v) is 7.12. The van der Waals surface area contributed by atoms with Crippen molar-refractivity contribution in [1.29, 1.82) is 0 Å². The molecule has 0 bridgehead atoms. The van der Waals surface area contributed by atoms with Crippen molar-refractivity contribution in [1.82, 2.24) is 0 Å². The molecule has 1 aromatic rings. The summed E-state index contributed by atoms with van der Waals surface area (Å²) in [5, 5.41) is 0. The van der Waals surface area contributed by atoms with Crippen molar-refractivity contribution in [3.63, 3.8) is 0 Å². The lowest BCUT2D eigenvalue weighted by Crippen LogP contribution is -2.18. The summed E-state index contributed by atoms with van der Waals surface area (Å²) in [5.41, 5.74) is 1.84. The lowest BCUT2D eigenvalue weighted by atomic mass is 10.0. The summed E-state index contributed by atoms with van der Waals surface area (Å²) in [5.74, 6) is 0.0961. The average molecular weight is 271 g/mol. The van der Waals surface area contributed by atoms with E-state index in [0.29, 0.717) is 17.0 Å². The highest BCUT2D eigenvalue weighted by atomic mass is 32.2. The number of hydrogen-bond donors (Lipinski definition) is 1. The molecule has 0 atom stereocenters. The van der Waals surface area contributed by atoms with Gasteiger partial charge in [-0.1, -0.05) is 6.07 Å². The molecule has 1 heterocycles. The quantitative estimate of drug-likeness (QED) is 0.817. The van der Waals surface area contributed by atoms with Crippen molar-refractivity contribution in [2.75, 3.05) is 18.1 Å². The minimum atomic E-state index is -3.38. The topological polar surface area (TPSA) is 81.7 Å². The molecule has 0 saturated heterocycles. The van der Waals surface area contributed by atoms with Crippen LogP contribution >= 0.6 is 0 Å². The summed E-state index contributed by atoms with van der Waals surface area (Å²) in [6, 6.07) is 3.28. The van der Waals surface area contributed by atoms with Crippen LogP contribution in [-0.2, 0) is 32.6 Å². The second-order valence-electron chi connectivity index (χ2n) is 4.00. The fourth-order valence-electron chi connectivity index (χ4n) is 1.86. The van der Waals surface area contributed by atoms with E-state index in [0.717, 1.165) is 11.8 Å². The van der Waals surface area contributed by atoms with E-state index < -0.39 is 10.0 Å². The van der Waals surface area contributed by atoms with Gasteiger partial charge in [0.05, 0.1) is 25.5 Å². The minimum Gasteiger partial charge on any atom is -0.494 e. The number of benzene rings is 1. The Morgan fingerprint density at radius 2 is 2.11 bits per heavy atom. The van der Waals surface area contributed by atoms with Crippen LogP contribution in [-0.4, -0.2) is 27.8 Å². The first-order valence-electron chi connectivity index (χ1n) is 5.23. The molecule has 1 N–H and O–H groups in total. The Morgan fingerprint density at radius 3 is 2.72 bits per heavy atom. The Hall–Kier alpha value is -1.76. The Bertz CT molecular complexity index is 594. The van der Waals surface area contributed by atoms with Crippen LogP contribution in [0.4, 0.5) is 5.69 Å². The third-order valence-electron chi connectivity index (χ3n) is 2.57. The number of rotatable bonds is 3. The molecule has 0 aliphatic carbocycles. The maximum atomic E-state index is 11.2. The fraction of sp³-hybridized carbons (Fsp3) is 0.364. The Kier molecular flexibility index (Phi) is 3.16. The molecular weight excluding hydrogens is 258 g/mol. The van der Waals surface area contributed by atoms with Crippen LogP contribution in [0.3, 0.4) is 0 Å². The molecule has 0 fully saturated rings. The van der Waals surface area contributed by atoms with E-state index in [9.17, 15) is 13.2 Å². The number of esters is 1. The molecule has 0 amide bonds. The predicted molar refractivity (Wildman–Crippen MR) is 65.0 cm³/mol. The molecule has 7 heteroatoms. The van der Waals surface area contributed by atoms with E-state index in [1.807, 2.05) is 0 Å². The van der Waals surface area contributed by atoms with Crippen molar-refractivity contribution >= 4 is 21.7 Å². The molecule has 0 aromatic heterocycles. The van der Waals surface area contributed by atoms with Crippen LogP contribution in [0.5, 0.6) is 5.75 Å². The first kappa shape index (κ1) is 12.7. The summed E-state index contributed by atoms with van der Waals surface area (Å²) in [4.78, 5) is 11.2. The lowest BCUT2D eigenvalue weighted by molar-refractivity contribution is -0.145. The predicted octanol–water partition coefficient (Wildman–Crippen LogP) is 0.666. The van der Waals surface area contributed by atoms with Gasteiger partial charge in [0.25, 0.3) is 0 Å². The molecule has 1 aliphatic rings. The largest absolute Gasteiger partial charge is 0.494 e. The number of carbonyl (C=O) groups is 1. The number of hydrogen-bond acceptors (Lipinski definition) is 5. The highest BCUT2D eigenvalue weighted by Crippen LogP contribution is 2.34. The number of fused-ring (bicyclic) bond motifs is 1. The zero-order valence-corrected chi connectivity index (χ0v) is 10.8. The molecule has 0 saturated carbocycles. The van der Waals surface area contributed by atoms with Gasteiger partial charge in [-0.25, -0.2) is 8.42 Å². The second kappa shape index (κ2) is 4.49. The van der Waals surface area contributed by atoms with Crippen LogP contribution in [0, 0.1) is 0 Å². The van der Waals surface area contributed by atoms with E-state index in [4.69, 9.17) is 9.47 Å². The van der Waals surface area contributed by atoms with Gasteiger partial charge >= 0.3 is 5.97 Å². The number of nitrogens with one attached hydrogen (secondary N) is 1. The monoisotopic (exact) mass is 271 g/mol. The zero-order valence-electron chi connectivity index (χ0n) is 10.0. The Labute approximate surface area is 105 Å². The molecule has 18 heavy (non-hydrogen) atoms. The maximum absolute atomic E-state index is 11.2. The van der Waals surface area contributed by atoms with Gasteiger partial charge < -0.3 is 9.47 Å². The second-order valence-corrected chi connectivity index (χ2v) is 5.74. The van der Waals surface area contributed by atoms with Crippen LogP contribution in [0.25, 0.3) is 0 Å². The van der Waals surface area contributed by atoms with Crippen molar-refractivity contribution in [3.05, 3.63) is 23.3 Å². The smallest absolute Gasteiger partial charge is 0.310 e. The van der Waals surface area contributed by atoms with Gasteiger partial charge in [-0.2, -0.15) is 0 Å². The van der Waals surface area contributed by atoms with E-state index >= 15 is 0 Å². The summed E-state index contributed by atoms with van der Waals surface area (Å²) >= 11 is 0. The molecule has 0 radical (unpaired) electrons. The number of sulfonamides is 1. The Balaban J connectivity index is 2.48. The number of anilines is 1. The summed E-state index contributed by atoms with van der Waals surface area (Å²) in [7, 11) is -1.94. The molecule has 2 rings (SSSR count). The third-order valence-corrected chi connectivity index (χ3v) is 3.16. The number of carbonyl (C=O) groups excluding carboxylic acids is 1. The van der Waals surface area contributed by atoms with Gasteiger partial charge in [-0.05, 0) is 11.6 Å². The van der Waals surface area contributed by atoms with E-state index in [1.165, 1.54) is 7.11 Å². The van der Waals surface area contributed by atoms with Crippen LogP contribution in [0.1, 0.15) is 11.1 Å². The standard InChI is InChI=1S/C11H13NO5S/c1-16-11-8-6-17-10(13)5-7(8)3-4-9(11)12-18(2,14)15/h3-4,12H,5-6H2,1-2H3. The SMILES string of the molecule is COc1c(NS(C)(=O)=O)ccc2c1COC(=O)C2. The van der Waals surface area contributed by atoms with E-state index in [2.05, 4.69) is 4.72 Å². The summed E-state index contributed by atoms with van der Waals surface area (Å²) in [6.45, 7) is 0.0939. The summed E-state index contributed by atoms with van der Waals surface area (Å²) < 4.78 is 35.0. The third kappa shape index (κ3) is 2.56. The maximum Gasteiger partial charge on any atom is 0.310 e. The van der Waals surface area contributed by atoms with Crippen molar-refractivity contribution in [3.8, 4) is 5.75 Å². The Morgan fingerprint density at radius 1 is 1.39 bits per heavy atom. The van der Waals surface area contributed by atoms with Gasteiger partial charge in [0.15, 0.2) is 0 Å². The van der Waals surface area contributed by atoms with Gasteiger partial charge in [0, 0.05) is 5.56 Å². The molecule has 1 aliphatic heterocycles. The van der Waals surface area contributed by atoms with Crippen LogP contribution in [0.15, 0.2) is 12.1 Å². The molecular formula is C11H13NO5S. The van der Waals surface area contributed by atoms with E-state index in [-0.39, 0.29) is 19.0 Å². The average Bonchev–Trinajstić information content (AvgIpc) is 2.27. The van der Waals surface area contributed by atoms with Gasteiger partial charge in [-0.3, -0.25) is 9.52 Å². The normalized spacial score (nSPS) is 14.7. The number of methoxy groups -OCH3 is 1. The first-order chi connectivity index (χ1) is 8.40. The molecule has 1 aromatic carbocycles. The molecule has 6 nitrogen and oxygen atoms in total. The highest BCUT2D eigenvalue weighted by molar-refractivity contribution is 7.92. The molecule has 0 spiro atoms. The zero-order chi connectivity index (χ0) is 13.3. The highest BCUT2D eigenvalue weighted by Gasteiger charge is 2.23.